The summed E-state index contributed by atoms with van der Waals surface area (Å²) in [7, 11) is 0. The number of unbranched alkanes of at least 4 members (excludes halogenated alkanes) is 1. The van der Waals surface area contributed by atoms with Gasteiger partial charge in [0.05, 0.1) is 12.2 Å². The van der Waals surface area contributed by atoms with Crippen molar-refractivity contribution in [1.29, 1.82) is 5.26 Å². The molecule has 1 heterocycles. The third-order valence-corrected chi connectivity index (χ3v) is 4.88. The average Bonchev–Trinajstić information content (AvgIpc) is 3.02. The maximum absolute atomic E-state index is 12.5. The first-order valence-electron chi connectivity index (χ1n) is 8.38. The van der Waals surface area contributed by atoms with Crippen LogP contribution in [0.3, 0.4) is 0 Å². The highest BCUT2D eigenvalue weighted by Crippen LogP contribution is 2.47. The Kier molecular flexibility index (Phi) is 7.30. The largest absolute Gasteiger partial charge is 0.461 e. The van der Waals surface area contributed by atoms with Gasteiger partial charge in [0.1, 0.15) is 23.3 Å². The number of ether oxygens (including phenoxy) is 1. The van der Waals surface area contributed by atoms with Crippen LogP contribution in [0.2, 0.25) is 0 Å². The maximum atomic E-state index is 12.5. The van der Waals surface area contributed by atoms with Crippen LogP contribution in [0.25, 0.3) is 0 Å². The molecule has 0 saturated carbocycles. The molecular weight excluding hydrogens is 350 g/mol. The predicted octanol–water partition coefficient (Wildman–Crippen LogP) is 2.98. The number of rotatable bonds is 8. The van der Waals surface area contributed by atoms with Gasteiger partial charge in [-0.3, -0.25) is 4.79 Å². The highest BCUT2D eigenvalue weighted by atomic mass is 32.2. The quantitative estimate of drug-likeness (QED) is 0.327. The number of thioether (sulfide) groups is 1. The monoisotopic (exact) mass is 371 g/mol. The first kappa shape index (κ1) is 19.6. The Bertz CT molecular complexity index is 768. The van der Waals surface area contributed by atoms with Gasteiger partial charge < -0.3 is 15.0 Å². The van der Waals surface area contributed by atoms with Gasteiger partial charge in [-0.1, -0.05) is 43.8 Å². The Morgan fingerprint density at radius 3 is 2.88 bits per heavy atom. The minimum Gasteiger partial charge on any atom is -0.461 e. The van der Waals surface area contributed by atoms with Crippen molar-refractivity contribution in [2.24, 2.45) is 0 Å². The van der Waals surface area contributed by atoms with E-state index in [9.17, 15) is 14.9 Å². The minimum absolute atomic E-state index is 0.0253. The summed E-state index contributed by atoms with van der Waals surface area (Å²) in [6.07, 6.45) is 3.03. The Morgan fingerprint density at radius 2 is 2.19 bits per heavy atom. The molecule has 0 radical (unpaired) electrons. The molecule has 0 atom stereocenters. The zero-order valence-corrected chi connectivity index (χ0v) is 15.5. The van der Waals surface area contributed by atoms with Crippen molar-refractivity contribution in [3.05, 3.63) is 47.5 Å². The van der Waals surface area contributed by atoms with Gasteiger partial charge in [-0.25, -0.2) is 4.79 Å². The summed E-state index contributed by atoms with van der Waals surface area (Å²) >= 11 is 1.43. The zero-order chi connectivity index (χ0) is 18.9. The van der Waals surface area contributed by atoms with Crippen molar-refractivity contribution >= 4 is 29.3 Å². The highest BCUT2D eigenvalue weighted by Gasteiger charge is 2.29. The number of anilines is 1. The van der Waals surface area contributed by atoms with Crippen LogP contribution in [0.4, 0.5) is 5.69 Å². The molecule has 0 unspecified atom stereocenters. The zero-order valence-electron chi connectivity index (χ0n) is 14.7. The second-order valence-corrected chi connectivity index (χ2v) is 6.53. The molecule has 7 heteroatoms. The van der Waals surface area contributed by atoms with E-state index in [4.69, 9.17) is 4.74 Å². The van der Waals surface area contributed by atoms with Gasteiger partial charge in [0.2, 0.25) is 0 Å². The minimum atomic E-state index is -0.550. The number of carbonyl (C=O) groups excluding carboxylic acids is 2. The smallest absolute Gasteiger partial charge is 0.330 e. The van der Waals surface area contributed by atoms with Gasteiger partial charge in [-0.15, -0.1) is 0 Å². The molecule has 0 saturated heterocycles. The van der Waals surface area contributed by atoms with E-state index in [1.165, 1.54) is 11.8 Å². The second-order valence-electron chi connectivity index (χ2n) is 5.49. The van der Waals surface area contributed by atoms with Crippen LogP contribution in [-0.4, -0.2) is 31.6 Å². The Labute approximate surface area is 157 Å². The summed E-state index contributed by atoms with van der Waals surface area (Å²) in [5.74, 6) is -1.02. The number of nitrogens with one attached hydrogen (secondary N) is 1. The molecular formula is C19H21N3O3S. The predicted molar refractivity (Wildman–Crippen MR) is 101 cm³/mol. The summed E-state index contributed by atoms with van der Waals surface area (Å²) in [5, 5.41) is 12.8. The van der Waals surface area contributed by atoms with E-state index < -0.39 is 11.9 Å². The molecule has 2 rings (SSSR count). The van der Waals surface area contributed by atoms with Crippen molar-refractivity contribution in [2.45, 2.75) is 24.7 Å². The lowest BCUT2D eigenvalue weighted by atomic mass is 10.2. The van der Waals surface area contributed by atoms with Crippen LogP contribution in [0.15, 0.2) is 52.4 Å². The summed E-state index contributed by atoms with van der Waals surface area (Å²) in [5.41, 5.74) is 1.08. The van der Waals surface area contributed by atoms with Gasteiger partial charge in [0, 0.05) is 17.5 Å². The summed E-state index contributed by atoms with van der Waals surface area (Å²) in [4.78, 5) is 26.5. The number of carbonyl (C=O) groups is 2. The number of benzene rings is 1. The van der Waals surface area contributed by atoms with E-state index in [2.05, 4.69) is 18.8 Å². The first-order valence-corrected chi connectivity index (χ1v) is 9.20. The van der Waals surface area contributed by atoms with Gasteiger partial charge >= 0.3 is 5.97 Å². The molecule has 0 aliphatic carbocycles. The van der Waals surface area contributed by atoms with Crippen molar-refractivity contribution in [3.8, 4) is 6.07 Å². The Hall–Kier alpha value is -2.72. The SMILES string of the molecule is C=CC(=O)OCCNC(=O)/C(C#N)=C1\Sc2ccccc2N1CCCC. The summed E-state index contributed by atoms with van der Waals surface area (Å²) < 4.78 is 4.82. The molecule has 1 amide bonds. The molecule has 0 aromatic heterocycles. The van der Waals surface area contributed by atoms with E-state index in [1.54, 1.807) is 0 Å². The molecule has 26 heavy (non-hydrogen) atoms. The lowest BCUT2D eigenvalue weighted by Crippen LogP contribution is -2.31. The van der Waals surface area contributed by atoms with E-state index in [0.717, 1.165) is 36.0 Å². The van der Waals surface area contributed by atoms with Crippen LogP contribution >= 0.6 is 11.8 Å². The number of para-hydroxylation sites is 1. The third-order valence-electron chi connectivity index (χ3n) is 3.69. The van der Waals surface area contributed by atoms with Gasteiger partial charge in [0.25, 0.3) is 5.91 Å². The number of amides is 1. The number of nitrogens with zero attached hydrogens (tertiary/aromatic N) is 2. The number of fused-ring (bicyclic) bond motifs is 1. The maximum Gasteiger partial charge on any atom is 0.330 e. The lowest BCUT2D eigenvalue weighted by Gasteiger charge is -2.21. The van der Waals surface area contributed by atoms with Gasteiger partial charge in [0.15, 0.2) is 0 Å². The number of hydrogen-bond donors (Lipinski definition) is 1. The molecule has 1 aliphatic heterocycles. The van der Waals surface area contributed by atoms with E-state index in [1.807, 2.05) is 35.2 Å². The Morgan fingerprint density at radius 1 is 1.42 bits per heavy atom. The molecule has 136 valence electrons. The molecule has 1 N–H and O–H groups in total. The van der Waals surface area contributed by atoms with Crippen LogP contribution < -0.4 is 10.2 Å². The van der Waals surface area contributed by atoms with Crippen molar-refractivity contribution in [2.75, 3.05) is 24.6 Å². The first-order chi connectivity index (χ1) is 12.6. The van der Waals surface area contributed by atoms with E-state index >= 15 is 0 Å². The summed E-state index contributed by atoms with van der Waals surface area (Å²) in [6, 6.07) is 9.88. The van der Waals surface area contributed by atoms with Crippen LogP contribution in [0.1, 0.15) is 19.8 Å². The fraction of sp³-hybridized carbons (Fsp3) is 0.316. The number of hydrogen-bond acceptors (Lipinski definition) is 6. The fourth-order valence-electron chi connectivity index (χ4n) is 2.42. The van der Waals surface area contributed by atoms with E-state index in [-0.39, 0.29) is 18.7 Å². The lowest BCUT2D eigenvalue weighted by molar-refractivity contribution is -0.138. The number of esters is 1. The van der Waals surface area contributed by atoms with Crippen LogP contribution in [-0.2, 0) is 14.3 Å². The molecule has 1 aromatic rings. The molecule has 1 aliphatic rings. The fourth-order valence-corrected chi connectivity index (χ4v) is 3.60. The van der Waals surface area contributed by atoms with Crippen molar-refractivity contribution in [1.82, 2.24) is 5.32 Å². The van der Waals surface area contributed by atoms with Crippen molar-refractivity contribution in [3.63, 3.8) is 0 Å². The van der Waals surface area contributed by atoms with Crippen LogP contribution in [0.5, 0.6) is 0 Å². The number of nitriles is 1. The topological polar surface area (TPSA) is 82.4 Å². The van der Waals surface area contributed by atoms with Gasteiger partial charge in [-0.05, 0) is 18.6 Å². The van der Waals surface area contributed by atoms with Gasteiger partial charge in [-0.2, -0.15) is 5.26 Å². The molecule has 0 spiro atoms. The molecule has 0 bridgehead atoms. The molecule has 6 nitrogen and oxygen atoms in total. The third kappa shape index (κ3) is 4.67. The second kappa shape index (κ2) is 9.68. The molecule has 1 aromatic carbocycles. The molecule has 0 fully saturated rings. The van der Waals surface area contributed by atoms with Crippen molar-refractivity contribution < 1.29 is 14.3 Å². The van der Waals surface area contributed by atoms with Crippen LogP contribution in [0, 0.1) is 11.3 Å². The summed E-state index contributed by atoms with van der Waals surface area (Å²) in [6.45, 7) is 6.29. The average molecular weight is 371 g/mol. The highest BCUT2D eigenvalue weighted by molar-refractivity contribution is 8.03. The van der Waals surface area contributed by atoms with E-state index in [0.29, 0.717) is 5.03 Å². The normalized spacial score (nSPS) is 14.2. The standard InChI is InChI=1S/C19H21N3O3S/c1-3-5-11-22-15-8-6-7-9-16(15)26-19(22)14(13-20)18(24)21-10-12-25-17(23)4-2/h4,6-9H,2-3,5,10-12H2,1H3,(H,21,24)/b19-14-. The Balaban J connectivity index is 2.15.